The molecular formula is C15H15NO3S. The van der Waals surface area contributed by atoms with Crippen molar-refractivity contribution in [2.75, 3.05) is 7.11 Å². The van der Waals surface area contributed by atoms with Gasteiger partial charge in [-0.3, -0.25) is 10.1 Å². The van der Waals surface area contributed by atoms with Crippen LogP contribution in [0.2, 0.25) is 0 Å². The summed E-state index contributed by atoms with van der Waals surface area (Å²) in [4.78, 5) is 12.2. The normalized spacial score (nSPS) is 10.3. The summed E-state index contributed by atoms with van der Waals surface area (Å²) in [5.74, 6) is 0.874. The van der Waals surface area contributed by atoms with Crippen LogP contribution in [-0.2, 0) is 6.42 Å². The van der Waals surface area contributed by atoms with Gasteiger partial charge in [-0.05, 0) is 36.2 Å². The highest BCUT2D eigenvalue weighted by Crippen LogP contribution is 2.32. The quantitative estimate of drug-likeness (QED) is 0.607. The lowest BCUT2D eigenvalue weighted by molar-refractivity contribution is -0.384. The fourth-order valence-corrected chi connectivity index (χ4v) is 2.70. The first kappa shape index (κ1) is 14.4. The fraction of sp³-hybridized carbons (Fsp3) is 0.200. The van der Waals surface area contributed by atoms with Gasteiger partial charge in [0, 0.05) is 21.9 Å². The number of nitrogens with zero attached hydrogens (tertiary/aromatic N) is 1. The highest BCUT2D eigenvalue weighted by Gasteiger charge is 2.07. The van der Waals surface area contributed by atoms with Gasteiger partial charge < -0.3 is 4.74 Å². The van der Waals surface area contributed by atoms with Crippen molar-refractivity contribution in [1.29, 1.82) is 0 Å². The number of aryl methyl sites for hydroxylation is 1. The molecule has 20 heavy (non-hydrogen) atoms. The Balaban J connectivity index is 2.19. The second-order valence-electron chi connectivity index (χ2n) is 4.18. The second-order valence-corrected chi connectivity index (χ2v) is 5.33. The van der Waals surface area contributed by atoms with E-state index in [-0.39, 0.29) is 5.69 Å². The molecule has 0 saturated heterocycles. The molecule has 0 aliphatic carbocycles. The molecule has 0 aliphatic heterocycles. The van der Waals surface area contributed by atoms with Crippen molar-refractivity contribution >= 4 is 17.4 Å². The van der Waals surface area contributed by atoms with E-state index < -0.39 is 4.92 Å². The molecule has 0 radical (unpaired) electrons. The highest BCUT2D eigenvalue weighted by atomic mass is 32.2. The van der Waals surface area contributed by atoms with Crippen LogP contribution < -0.4 is 4.74 Å². The lowest BCUT2D eigenvalue weighted by Crippen LogP contribution is -1.90. The number of hydrogen-bond acceptors (Lipinski definition) is 4. The Hall–Kier alpha value is -2.01. The van der Waals surface area contributed by atoms with E-state index in [1.54, 1.807) is 31.0 Å². The van der Waals surface area contributed by atoms with Crippen LogP contribution in [0.5, 0.6) is 5.75 Å². The Labute approximate surface area is 121 Å². The molecule has 2 rings (SSSR count). The van der Waals surface area contributed by atoms with Crippen molar-refractivity contribution in [3.8, 4) is 5.75 Å². The molecule has 2 aromatic carbocycles. The number of ether oxygens (including phenoxy) is 1. The summed E-state index contributed by atoms with van der Waals surface area (Å²) in [5, 5.41) is 10.6. The van der Waals surface area contributed by atoms with E-state index in [4.69, 9.17) is 4.74 Å². The van der Waals surface area contributed by atoms with Crippen LogP contribution in [0, 0.1) is 10.1 Å². The van der Waals surface area contributed by atoms with E-state index in [1.165, 1.54) is 17.7 Å². The van der Waals surface area contributed by atoms with E-state index in [9.17, 15) is 10.1 Å². The molecule has 2 aromatic rings. The van der Waals surface area contributed by atoms with Crippen molar-refractivity contribution in [3.63, 3.8) is 0 Å². The zero-order valence-corrected chi connectivity index (χ0v) is 12.1. The first-order chi connectivity index (χ1) is 9.63. The standard InChI is InChI=1S/C15H15NO3S/c1-3-11-4-7-14(10-15(11)19-2)20-13-8-5-12(6-9-13)16(17)18/h4-10H,3H2,1-2H3. The van der Waals surface area contributed by atoms with E-state index in [0.717, 1.165) is 22.0 Å². The number of rotatable bonds is 5. The summed E-state index contributed by atoms with van der Waals surface area (Å²) in [6.07, 6.45) is 0.922. The van der Waals surface area contributed by atoms with Crippen LogP contribution in [0.4, 0.5) is 5.69 Å². The molecule has 4 nitrogen and oxygen atoms in total. The first-order valence-electron chi connectivity index (χ1n) is 6.23. The SMILES string of the molecule is CCc1ccc(Sc2ccc([N+](=O)[O-])cc2)cc1OC. The maximum atomic E-state index is 10.6. The van der Waals surface area contributed by atoms with Gasteiger partial charge in [-0.2, -0.15) is 0 Å². The third-order valence-corrected chi connectivity index (χ3v) is 3.92. The average molecular weight is 289 g/mol. The molecule has 0 fully saturated rings. The van der Waals surface area contributed by atoms with Gasteiger partial charge in [0.2, 0.25) is 0 Å². The van der Waals surface area contributed by atoms with Gasteiger partial charge in [0.15, 0.2) is 0 Å². The molecule has 104 valence electrons. The molecule has 0 amide bonds. The molecule has 5 heteroatoms. The molecule has 0 unspecified atom stereocenters. The largest absolute Gasteiger partial charge is 0.496 e. The number of non-ortho nitro benzene ring substituents is 1. The van der Waals surface area contributed by atoms with Gasteiger partial charge in [-0.25, -0.2) is 0 Å². The van der Waals surface area contributed by atoms with Gasteiger partial charge in [0.05, 0.1) is 12.0 Å². The Morgan fingerprint density at radius 2 is 1.80 bits per heavy atom. The van der Waals surface area contributed by atoms with Gasteiger partial charge in [-0.1, -0.05) is 24.8 Å². The lowest BCUT2D eigenvalue weighted by atomic mass is 10.1. The molecule has 0 heterocycles. The van der Waals surface area contributed by atoms with Gasteiger partial charge in [0.1, 0.15) is 5.75 Å². The molecule has 0 saturated carbocycles. The summed E-state index contributed by atoms with van der Waals surface area (Å²) in [5.41, 5.74) is 1.27. The summed E-state index contributed by atoms with van der Waals surface area (Å²) in [6.45, 7) is 2.08. The summed E-state index contributed by atoms with van der Waals surface area (Å²) >= 11 is 1.55. The van der Waals surface area contributed by atoms with Crippen LogP contribution in [0.25, 0.3) is 0 Å². The number of hydrogen-bond donors (Lipinski definition) is 0. The van der Waals surface area contributed by atoms with Crippen LogP contribution in [0.3, 0.4) is 0 Å². The summed E-state index contributed by atoms with van der Waals surface area (Å²) in [6, 6.07) is 12.6. The van der Waals surface area contributed by atoms with Crippen LogP contribution in [0.15, 0.2) is 52.3 Å². The molecule has 0 N–H and O–H groups in total. The minimum absolute atomic E-state index is 0.105. The minimum Gasteiger partial charge on any atom is -0.496 e. The summed E-state index contributed by atoms with van der Waals surface area (Å²) in [7, 11) is 1.66. The third kappa shape index (κ3) is 3.30. The maximum absolute atomic E-state index is 10.6. The molecule has 0 atom stereocenters. The summed E-state index contributed by atoms with van der Waals surface area (Å²) < 4.78 is 5.36. The van der Waals surface area contributed by atoms with Crippen molar-refractivity contribution < 1.29 is 9.66 Å². The Morgan fingerprint density at radius 3 is 2.35 bits per heavy atom. The Morgan fingerprint density at radius 1 is 1.15 bits per heavy atom. The Kier molecular flexibility index (Phi) is 4.63. The maximum Gasteiger partial charge on any atom is 0.269 e. The zero-order chi connectivity index (χ0) is 14.5. The minimum atomic E-state index is -0.395. The van der Waals surface area contributed by atoms with E-state index in [2.05, 4.69) is 6.92 Å². The topological polar surface area (TPSA) is 52.4 Å². The molecule has 0 bridgehead atoms. The zero-order valence-electron chi connectivity index (χ0n) is 11.3. The van der Waals surface area contributed by atoms with Crippen molar-refractivity contribution in [1.82, 2.24) is 0 Å². The molecule has 0 spiro atoms. The number of methoxy groups -OCH3 is 1. The predicted molar refractivity (Wildman–Crippen MR) is 79.6 cm³/mol. The van der Waals surface area contributed by atoms with Crippen LogP contribution >= 0.6 is 11.8 Å². The average Bonchev–Trinajstić information content (AvgIpc) is 2.47. The van der Waals surface area contributed by atoms with Gasteiger partial charge in [-0.15, -0.1) is 0 Å². The smallest absolute Gasteiger partial charge is 0.269 e. The molecule has 0 aliphatic rings. The van der Waals surface area contributed by atoms with Crippen LogP contribution in [-0.4, -0.2) is 12.0 Å². The van der Waals surface area contributed by atoms with E-state index >= 15 is 0 Å². The van der Waals surface area contributed by atoms with Crippen molar-refractivity contribution in [2.45, 2.75) is 23.1 Å². The third-order valence-electron chi connectivity index (χ3n) is 2.92. The number of nitro benzene ring substituents is 1. The Bertz CT molecular complexity index is 611. The van der Waals surface area contributed by atoms with Crippen molar-refractivity contribution in [3.05, 3.63) is 58.1 Å². The fourth-order valence-electron chi connectivity index (χ4n) is 1.85. The predicted octanol–water partition coefficient (Wildman–Crippen LogP) is 4.32. The second kappa shape index (κ2) is 6.43. The lowest BCUT2D eigenvalue weighted by Gasteiger charge is -2.09. The van der Waals surface area contributed by atoms with Gasteiger partial charge >= 0.3 is 0 Å². The van der Waals surface area contributed by atoms with E-state index in [1.807, 2.05) is 18.2 Å². The van der Waals surface area contributed by atoms with E-state index in [0.29, 0.717) is 0 Å². The van der Waals surface area contributed by atoms with Crippen LogP contribution in [0.1, 0.15) is 12.5 Å². The van der Waals surface area contributed by atoms with Gasteiger partial charge in [0.25, 0.3) is 5.69 Å². The highest BCUT2D eigenvalue weighted by molar-refractivity contribution is 7.99. The molecular weight excluding hydrogens is 274 g/mol. The number of nitro groups is 1. The number of benzene rings is 2. The monoisotopic (exact) mass is 289 g/mol. The first-order valence-corrected chi connectivity index (χ1v) is 7.05. The van der Waals surface area contributed by atoms with Crippen molar-refractivity contribution in [2.24, 2.45) is 0 Å². The molecule has 0 aromatic heterocycles.